The smallest absolute Gasteiger partial charge is 0.341 e. The molecule has 2 rings (SSSR count). The summed E-state index contributed by atoms with van der Waals surface area (Å²) in [5, 5.41) is 9.32. The first-order valence-corrected chi connectivity index (χ1v) is 8.52. The molecule has 0 spiro atoms. The van der Waals surface area contributed by atoms with Gasteiger partial charge in [0, 0.05) is 11.1 Å². The average molecular weight is 330 g/mol. The molecule has 0 N–H and O–H groups in total. The average Bonchev–Trinajstić information content (AvgIpc) is 2.54. The van der Waals surface area contributed by atoms with E-state index in [9.17, 15) is 14.9 Å². The van der Waals surface area contributed by atoms with Crippen molar-refractivity contribution < 1.29 is 9.53 Å². The van der Waals surface area contributed by atoms with E-state index in [2.05, 4.69) is 0 Å². The molecule has 0 radical (unpaired) electrons. The molecule has 0 amide bonds. The number of carbonyl (C=O) groups is 1. The molecular weight excluding hydrogens is 312 g/mol. The third kappa shape index (κ3) is 3.40. The number of nitriles is 1. The second kappa shape index (κ2) is 7.34. The van der Waals surface area contributed by atoms with Gasteiger partial charge in [0.1, 0.15) is 11.6 Å². The number of aromatic nitrogens is 1. The van der Waals surface area contributed by atoms with Crippen LogP contribution in [0.15, 0.2) is 34.1 Å². The van der Waals surface area contributed by atoms with Crippen LogP contribution in [-0.2, 0) is 4.74 Å². The van der Waals surface area contributed by atoms with Crippen molar-refractivity contribution in [3.05, 3.63) is 45.9 Å². The van der Waals surface area contributed by atoms with Crippen LogP contribution in [0.4, 0.5) is 0 Å². The van der Waals surface area contributed by atoms with E-state index < -0.39 is 11.5 Å². The van der Waals surface area contributed by atoms with Crippen LogP contribution in [0.3, 0.4) is 0 Å². The summed E-state index contributed by atoms with van der Waals surface area (Å²) in [6, 6.07) is 7.03. The van der Waals surface area contributed by atoms with Crippen molar-refractivity contribution in [3.8, 4) is 6.07 Å². The summed E-state index contributed by atoms with van der Waals surface area (Å²) in [5.41, 5.74) is 0.275. The van der Waals surface area contributed by atoms with E-state index in [4.69, 9.17) is 4.74 Å². The number of carbonyl (C=O) groups excluding carboxylic acids is 1. The zero-order valence-electron chi connectivity index (χ0n) is 13.3. The van der Waals surface area contributed by atoms with E-state index >= 15 is 0 Å². The summed E-state index contributed by atoms with van der Waals surface area (Å²) in [4.78, 5) is 25.3. The number of ether oxygens (including phenoxy) is 1. The molecule has 0 aliphatic heterocycles. The number of nitrogens with zero attached hydrogens (tertiary/aromatic N) is 2. The van der Waals surface area contributed by atoms with Crippen LogP contribution in [-0.4, -0.2) is 23.2 Å². The lowest BCUT2D eigenvalue weighted by Crippen LogP contribution is -2.22. The van der Waals surface area contributed by atoms with Gasteiger partial charge >= 0.3 is 5.97 Å². The number of esters is 1. The summed E-state index contributed by atoms with van der Waals surface area (Å²) >= 11 is 1.21. The first-order chi connectivity index (χ1) is 11.0. The molecule has 0 bridgehead atoms. The van der Waals surface area contributed by atoms with Gasteiger partial charge in [-0.2, -0.15) is 5.26 Å². The Kier molecular flexibility index (Phi) is 5.45. The molecule has 0 aliphatic rings. The minimum absolute atomic E-state index is 0.0305. The van der Waals surface area contributed by atoms with Crippen molar-refractivity contribution in [1.29, 1.82) is 5.26 Å². The molecule has 2 heterocycles. The Labute approximate surface area is 138 Å². The molecular formula is C17H18N2O3S. The van der Waals surface area contributed by atoms with Crippen LogP contribution in [0.2, 0.25) is 0 Å². The molecule has 0 unspecified atom stereocenters. The molecule has 0 saturated carbocycles. The Morgan fingerprint density at radius 2 is 2.17 bits per heavy atom. The van der Waals surface area contributed by atoms with Gasteiger partial charge in [-0.05, 0) is 30.7 Å². The van der Waals surface area contributed by atoms with Gasteiger partial charge in [-0.1, -0.05) is 19.9 Å². The van der Waals surface area contributed by atoms with Gasteiger partial charge in [-0.25, -0.2) is 4.79 Å². The fourth-order valence-corrected chi connectivity index (χ4v) is 2.97. The van der Waals surface area contributed by atoms with Gasteiger partial charge in [0.2, 0.25) is 0 Å². The minimum atomic E-state index is -0.504. The third-order valence-electron chi connectivity index (χ3n) is 3.45. The van der Waals surface area contributed by atoms with Crippen LogP contribution in [0, 0.1) is 17.2 Å². The number of pyridine rings is 2. The second-order valence-electron chi connectivity index (χ2n) is 5.47. The van der Waals surface area contributed by atoms with Crippen molar-refractivity contribution >= 4 is 23.2 Å². The summed E-state index contributed by atoms with van der Waals surface area (Å²) in [7, 11) is 0. The second-order valence-corrected chi connectivity index (χ2v) is 6.29. The molecule has 2 aromatic heterocycles. The first kappa shape index (κ1) is 17.1. The number of hydrogen-bond donors (Lipinski definition) is 0. The molecule has 0 atom stereocenters. The Bertz CT molecular complexity index is 834. The molecule has 23 heavy (non-hydrogen) atoms. The molecule has 0 fully saturated rings. The lowest BCUT2D eigenvalue weighted by molar-refractivity contribution is 0.0486. The Hall–Kier alpha value is -2.26. The van der Waals surface area contributed by atoms with Crippen molar-refractivity contribution in [2.24, 2.45) is 5.92 Å². The standard InChI is InChI=1S/C17H18N2O3S/c1-11(2)7-9-22-17(21)14-13-6-4-5-8-19(13)16(20)12(10-18)15(14)23-3/h4-6,8,11H,7,9H2,1-3H3. The van der Waals surface area contributed by atoms with Crippen LogP contribution in [0.1, 0.15) is 36.2 Å². The highest BCUT2D eigenvalue weighted by atomic mass is 32.2. The molecule has 0 saturated heterocycles. The molecule has 0 aromatic carbocycles. The maximum atomic E-state index is 12.5. The van der Waals surface area contributed by atoms with Crippen molar-refractivity contribution in [2.45, 2.75) is 25.2 Å². The fraction of sp³-hybridized carbons (Fsp3) is 0.353. The van der Waals surface area contributed by atoms with Gasteiger partial charge < -0.3 is 4.74 Å². The lowest BCUT2D eigenvalue weighted by atomic mass is 10.1. The lowest BCUT2D eigenvalue weighted by Gasteiger charge is -2.13. The summed E-state index contributed by atoms with van der Waals surface area (Å²) in [6.07, 6.45) is 4.05. The number of hydrogen-bond acceptors (Lipinski definition) is 5. The normalized spacial score (nSPS) is 10.7. The van der Waals surface area contributed by atoms with E-state index in [1.807, 2.05) is 19.9 Å². The van der Waals surface area contributed by atoms with Crippen molar-refractivity contribution in [1.82, 2.24) is 4.40 Å². The van der Waals surface area contributed by atoms with Crippen molar-refractivity contribution in [2.75, 3.05) is 12.9 Å². The molecule has 6 heteroatoms. The maximum Gasteiger partial charge on any atom is 0.341 e. The number of fused-ring (bicyclic) bond motifs is 1. The van der Waals surface area contributed by atoms with Gasteiger partial charge in [0.15, 0.2) is 0 Å². The molecule has 120 valence electrons. The predicted octanol–water partition coefficient (Wildman–Crippen LogP) is 3.10. The Morgan fingerprint density at radius 3 is 2.78 bits per heavy atom. The first-order valence-electron chi connectivity index (χ1n) is 7.29. The zero-order valence-corrected chi connectivity index (χ0v) is 14.1. The summed E-state index contributed by atoms with van der Waals surface area (Å²) in [5.74, 6) is -0.0807. The molecule has 5 nitrogen and oxygen atoms in total. The summed E-state index contributed by atoms with van der Waals surface area (Å²) < 4.78 is 6.67. The molecule has 2 aromatic rings. The van der Waals surface area contributed by atoms with Crippen molar-refractivity contribution in [3.63, 3.8) is 0 Å². The van der Waals surface area contributed by atoms with Gasteiger partial charge in [-0.15, -0.1) is 11.8 Å². The maximum absolute atomic E-state index is 12.5. The highest BCUT2D eigenvalue weighted by molar-refractivity contribution is 7.98. The van der Waals surface area contributed by atoms with E-state index in [0.717, 1.165) is 6.42 Å². The SMILES string of the molecule is CSc1c(C#N)c(=O)n2ccccc2c1C(=O)OCCC(C)C. The quantitative estimate of drug-likeness (QED) is 0.622. The minimum Gasteiger partial charge on any atom is -0.462 e. The van der Waals surface area contributed by atoms with E-state index in [-0.39, 0.29) is 11.1 Å². The van der Waals surface area contributed by atoms with E-state index in [1.54, 1.807) is 30.7 Å². The monoisotopic (exact) mass is 330 g/mol. The fourth-order valence-electron chi connectivity index (χ4n) is 2.24. The molecule has 0 aliphatic carbocycles. The van der Waals surface area contributed by atoms with Crippen LogP contribution in [0.25, 0.3) is 5.52 Å². The van der Waals surface area contributed by atoms with Crippen LogP contribution < -0.4 is 5.56 Å². The van der Waals surface area contributed by atoms with Crippen LogP contribution in [0.5, 0.6) is 0 Å². The highest BCUT2D eigenvalue weighted by Crippen LogP contribution is 2.27. The van der Waals surface area contributed by atoms with E-state index in [0.29, 0.717) is 22.9 Å². The van der Waals surface area contributed by atoms with E-state index in [1.165, 1.54) is 16.2 Å². The Balaban J connectivity index is 2.61. The zero-order chi connectivity index (χ0) is 17.0. The predicted molar refractivity (Wildman–Crippen MR) is 89.9 cm³/mol. The number of thioether (sulfide) groups is 1. The number of rotatable bonds is 5. The van der Waals surface area contributed by atoms with Gasteiger partial charge in [0.05, 0.1) is 17.7 Å². The van der Waals surface area contributed by atoms with Gasteiger partial charge in [-0.3, -0.25) is 9.20 Å². The largest absolute Gasteiger partial charge is 0.462 e. The summed E-state index contributed by atoms with van der Waals surface area (Å²) in [6.45, 7) is 4.41. The van der Waals surface area contributed by atoms with Gasteiger partial charge in [0.25, 0.3) is 5.56 Å². The Morgan fingerprint density at radius 1 is 1.43 bits per heavy atom. The highest BCUT2D eigenvalue weighted by Gasteiger charge is 2.23. The third-order valence-corrected chi connectivity index (χ3v) is 4.27. The topological polar surface area (TPSA) is 71.6 Å². The van der Waals surface area contributed by atoms with Crippen LogP contribution >= 0.6 is 11.8 Å².